The lowest BCUT2D eigenvalue weighted by Gasteiger charge is -2.24. The summed E-state index contributed by atoms with van der Waals surface area (Å²) in [6.07, 6.45) is 0.967. The Morgan fingerprint density at radius 2 is 1.25 bits per heavy atom. The minimum atomic E-state index is -0.140. The maximum atomic E-state index is 5.92. The highest BCUT2D eigenvalue weighted by Gasteiger charge is 2.16. The Hall–Kier alpha value is -1.96. The minimum Gasteiger partial charge on any atom is -0.488 e. The lowest BCUT2D eigenvalue weighted by Crippen LogP contribution is -2.26. The topological polar surface area (TPSA) is 18.5 Å². The van der Waals surface area contributed by atoms with Gasteiger partial charge in [-0.05, 0) is 63.6 Å². The van der Waals surface area contributed by atoms with E-state index in [0.29, 0.717) is 0 Å². The van der Waals surface area contributed by atoms with Gasteiger partial charge in [0.1, 0.15) is 22.8 Å². The number of hydrogen-bond donors (Lipinski definition) is 0. The monoisotopic (exact) mass is 270 g/mol. The summed E-state index contributed by atoms with van der Waals surface area (Å²) in [5.41, 5.74) is 1.09. The van der Waals surface area contributed by atoms with Crippen LogP contribution in [0.15, 0.2) is 48.5 Å². The number of ether oxygens (including phenoxy) is 2. The first kappa shape index (κ1) is 14.4. The van der Waals surface area contributed by atoms with Gasteiger partial charge in [-0.25, -0.2) is 0 Å². The Balaban J connectivity index is 2.03. The van der Waals surface area contributed by atoms with E-state index in [9.17, 15) is 0 Å². The molecule has 0 N–H and O–H groups in total. The van der Waals surface area contributed by atoms with E-state index >= 15 is 0 Å². The average Bonchev–Trinajstić information content (AvgIpc) is 2.43. The number of aryl methyl sites for hydroxylation is 1. The maximum absolute atomic E-state index is 5.92. The molecule has 0 radical (unpaired) electrons. The fourth-order valence-corrected chi connectivity index (χ4v) is 1.71. The van der Waals surface area contributed by atoms with Gasteiger partial charge in [0, 0.05) is 0 Å². The molecule has 0 unspecified atom stereocenters. The van der Waals surface area contributed by atoms with Gasteiger partial charge in [-0.3, -0.25) is 0 Å². The average molecular weight is 270 g/mol. The van der Waals surface area contributed by atoms with E-state index in [1.807, 2.05) is 48.5 Å². The molecule has 2 aromatic carbocycles. The second-order valence-corrected chi connectivity index (χ2v) is 5.60. The SMILES string of the molecule is CCC(C)(C)Oc1ccc(Oc2ccc(C)cc2)cc1. The molecule has 0 aliphatic rings. The zero-order valence-corrected chi connectivity index (χ0v) is 12.6. The molecule has 0 heterocycles. The molecule has 2 heteroatoms. The van der Waals surface area contributed by atoms with Gasteiger partial charge in [0.25, 0.3) is 0 Å². The Morgan fingerprint density at radius 1 is 0.800 bits per heavy atom. The van der Waals surface area contributed by atoms with Crippen LogP contribution in [0, 0.1) is 6.92 Å². The largest absolute Gasteiger partial charge is 0.488 e. The molecule has 106 valence electrons. The van der Waals surface area contributed by atoms with Crippen LogP contribution >= 0.6 is 0 Å². The molecule has 2 aromatic rings. The van der Waals surface area contributed by atoms with Crippen LogP contribution in [-0.2, 0) is 0 Å². The van der Waals surface area contributed by atoms with E-state index in [2.05, 4.69) is 27.7 Å². The summed E-state index contributed by atoms with van der Waals surface area (Å²) in [5.74, 6) is 2.53. The molecule has 0 aliphatic carbocycles. The molecule has 0 saturated heterocycles. The van der Waals surface area contributed by atoms with Crippen LogP contribution in [0.25, 0.3) is 0 Å². The maximum Gasteiger partial charge on any atom is 0.127 e. The molecule has 0 fully saturated rings. The Labute approximate surface area is 121 Å². The second kappa shape index (κ2) is 6.00. The second-order valence-electron chi connectivity index (χ2n) is 5.60. The van der Waals surface area contributed by atoms with Crippen molar-refractivity contribution < 1.29 is 9.47 Å². The van der Waals surface area contributed by atoms with E-state index in [1.165, 1.54) is 5.56 Å². The molecular weight excluding hydrogens is 248 g/mol. The van der Waals surface area contributed by atoms with Crippen molar-refractivity contribution in [1.29, 1.82) is 0 Å². The zero-order chi connectivity index (χ0) is 14.6. The highest BCUT2D eigenvalue weighted by atomic mass is 16.5. The predicted octanol–water partition coefficient (Wildman–Crippen LogP) is 5.35. The Bertz CT molecular complexity index is 539. The van der Waals surface area contributed by atoms with Gasteiger partial charge in [-0.1, -0.05) is 24.6 Å². The molecule has 2 nitrogen and oxygen atoms in total. The summed E-state index contributed by atoms with van der Waals surface area (Å²) in [4.78, 5) is 0. The van der Waals surface area contributed by atoms with Crippen molar-refractivity contribution in [3.63, 3.8) is 0 Å². The van der Waals surface area contributed by atoms with Crippen LogP contribution in [0.2, 0.25) is 0 Å². The highest BCUT2D eigenvalue weighted by Crippen LogP contribution is 2.26. The highest BCUT2D eigenvalue weighted by molar-refractivity contribution is 5.36. The van der Waals surface area contributed by atoms with Crippen LogP contribution in [0.4, 0.5) is 0 Å². The molecule has 0 atom stereocenters. The van der Waals surface area contributed by atoms with Gasteiger partial charge >= 0.3 is 0 Å². The summed E-state index contributed by atoms with van der Waals surface area (Å²) < 4.78 is 11.7. The third kappa shape index (κ3) is 4.02. The lowest BCUT2D eigenvalue weighted by molar-refractivity contribution is 0.105. The van der Waals surface area contributed by atoms with Gasteiger partial charge < -0.3 is 9.47 Å². The van der Waals surface area contributed by atoms with Crippen LogP contribution < -0.4 is 9.47 Å². The van der Waals surface area contributed by atoms with Gasteiger partial charge in [-0.15, -0.1) is 0 Å². The van der Waals surface area contributed by atoms with Crippen molar-refractivity contribution in [3.05, 3.63) is 54.1 Å². The van der Waals surface area contributed by atoms with E-state index < -0.39 is 0 Å². The normalized spacial score (nSPS) is 11.2. The van der Waals surface area contributed by atoms with Crippen LogP contribution in [0.1, 0.15) is 32.8 Å². The Kier molecular flexibility index (Phi) is 4.33. The molecule has 0 amide bonds. The third-order valence-electron chi connectivity index (χ3n) is 3.33. The van der Waals surface area contributed by atoms with Gasteiger partial charge in [0.05, 0.1) is 0 Å². The lowest BCUT2D eigenvalue weighted by atomic mass is 10.1. The van der Waals surface area contributed by atoms with Crippen molar-refractivity contribution in [2.24, 2.45) is 0 Å². The fourth-order valence-electron chi connectivity index (χ4n) is 1.71. The van der Waals surface area contributed by atoms with Crippen molar-refractivity contribution in [2.75, 3.05) is 0 Å². The smallest absolute Gasteiger partial charge is 0.127 e. The standard InChI is InChI=1S/C18H22O2/c1-5-18(3,4)20-17-12-10-16(11-13-17)19-15-8-6-14(2)7-9-15/h6-13H,5H2,1-4H3. The molecular formula is C18H22O2. The molecule has 0 saturated carbocycles. The van der Waals surface area contributed by atoms with E-state index in [4.69, 9.17) is 9.47 Å². The summed E-state index contributed by atoms with van der Waals surface area (Å²) in [6, 6.07) is 15.8. The van der Waals surface area contributed by atoms with Crippen molar-refractivity contribution in [3.8, 4) is 17.2 Å². The van der Waals surface area contributed by atoms with Gasteiger partial charge in [-0.2, -0.15) is 0 Å². The quantitative estimate of drug-likeness (QED) is 0.728. The van der Waals surface area contributed by atoms with Gasteiger partial charge in [0.2, 0.25) is 0 Å². The van der Waals surface area contributed by atoms with Crippen LogP contribution in [0.3, 0.4) is 0 Å². The zero-order valence-electron chi connectivity index (χ0n) is 12.6. The first-order valence-electron chi connectivity index (χ1n) is 7.02. The molecule has 0 aliphatic heterocycles. The predicted molar refractivity (Wildman–Crippen MR) is 82.7 cm³/mol. The summed E-state index contributed by atoms with van der Waals surface area (Å²) in [7, 11) is 0. The number of benzene rings is 2. The van der Waals surface area contributed by atoms with Crippen molar-refractivity contribution >= 4 is 0 Å². The van der Waals surface area contributed by atoms with Crippen LogP contribution in [-0.4, -0.2) is 5.60 Å². The Morgan fingerprint density at radius 3 is 1.75 bits per heavy atom. The molecule has 20 heavy (non-hydrogen) atoms. The summed E-state index contributed by atoms with van der Waals surface area (Å²) >= 11 is 0. The van der Waals surface area contributed by atoms with Crippen LogP contribution in [0.5, 0.6) is 17.2 Å². The molecule has 2 rings (SSSR count). The van der Waals surface area contributed by atoms with Gasteiger partial charge in [0.15, 0.2) is 0 Å². The van der Waals surface area contributed by atoms with E-state index in [0.717, 1.165) is 23.7 Å². The van der Waals surface area contributed by atoms with Crippen molar-refractivity contribution in [2.45, 2.75) is 39.7 Å². The fraction of sp³-hybridized carbons (Fsp3) is 0.333. The van der Waals surface area contributed by atoms with Crippen molar-refractivity contribution in [1.82, 2.24) is 0 Å². The van der Waals surface area contributed by atoms with E-state index in [1.54, 1.807) is 0 Å². The first-order valence-corrected chi connectivity index (χ1v) is 7.02. The summed E-state index contributed by atoms with van der Waals surface area (Å²) in [5, 5.41) is 0. The summed E-state index contributed by atoms with van der Waals surface area (Å²) in [6.45, 7) is 8.35. The minimum absolute atomic E-state index is 0.140. The first-order chi connectivity index (χ1) is 9.48. The molecule has 0 spiro atoms. The molecule has 0 bridgehead atoms. The van der Waals surface area contributed by atoms with E-state index in [-0.39, 0.29) is 5.60 Å². The third-order valence-corrected chi connectivity index (χ3v) is 3.33. The number of rotatable bonds is 5. The number of hydrogen-bond acceptors (Lipinski definition) is 2. The molecule has 0 aromatic heterocycles.